The van der Waals surface area contributed by atoms with Gasteiger partial charge in [-0.2, -0.15) is 0 Å². The van der Waals surface area contributed by atoms with Crippen molar-refractivity contribution in [1.82, 2.24) is 0 Å². The zero-order chi connectivity index (χ0) is 12.8. The molecule has 17 heavy (non-hydrogen) atoms. The molecule has 0 atom stereocenters. The number of hydrogen-bond donors (Lipinski definition) is 0. The molecule has 0 aliphatic carbocycles. The summed E-state index contributed by atoms with van der Waals surface area (Å²) in [6.07, 6.45) is -1.07. The molecule has 1 aromatic carbocycles. The summed E-state index contributed by atoms with van der Waals surface area (Å²) >= 11 is 0. The number of carbonyl (C=O) groups excluding carboxylic acids is 1. The molecule has 0 bridgehead atoms. The quantitative estimate of drug-likeness (QED) is 0.710. The lowest BCUT2D eigenvalue weighted by Gasteiger charge is -2.12. The minimum absolute atomic E-state index is 0.102. The lowest BCUT2D eigenvalue weighted by atomic mass is 10.1. The van der Waals surface area contributed by atoms with Crippen LogP contribution in [0.4, 0.5) is 4.39 Å². The molecule has 0 saturated carbocycles. The first kappa shape index (κ1) is 13.6. The molecule has 0 amide bonds. The zero-order valence-corrected chi connectivity index (χ0v) is 10.0. The van der Waals surface area contributed by atoms with Crippen LogP contribution in [0.3, 0.4) is 0 Å². The van der Waals surface area contributed by atoms with Gasteiger partial charge in [-0.15, -0.1) is 0 Å². The van der Waals surface area contributed by atoms with Crippen LogP contribution in [0.25, 0.3) is 0 Å². The van der Waals surface area contributed by atoms with E-state index in [9.17, 15) is 9.18 Å². The van der Waals surface area contributed by atoms with Crippen molar-refractivity contribution in [2.45, 2.75) is 12.7 Å². The predicted octanol–water partition coefficient (Wildman–Crippen LogP) is 1.56. The van der Waals surface area contributed by atoms with E-state index in [1.54, 1.807) is 6.07 Å². The molecule has 0 N–H and O–H groups in total. The fourth-order valence-electron chi connectivity index (χ4n) is 1.48. The first-order valence-corrected chi connectivity index (χ1v) is 5.03. The van der Waals surface area contributed by atoms with Crippen LogP contribution < -0.4 is 4.74 Å². The Kier molecular flexibility index (Phi) is 5.06. The van der Waals surface area contributed by atoms with Crippen molar-refractivity contribution >= 4 is 5.78 Å². The third kappa shape index (κ3) is 3.25. The highest BCUT2D eigenvalue weighted by Crippen LogP contribution is 2.20. The molecule has 5 heteroatoms. The highest BCUT2D eigenvalue weighted by molar-refractivity contribution is 5.84. The van der Waals surface area contributed by atoms with E-state index in [0.717, 1.165) is 0 Å². The largest absolute Gasteiger partial charge is 0.494 e. The van der Waals surface area contributed by atoms with Gasteiger partial charge >= 0.3 is 0 Å². The molecule has 4 nitrogen and oxygen atoms in total. The Labute approximate surface area is 99.3 Å². The first-order chi connectivity index (χ1) is 8.13. The molecular formula is C12H15FO4. The Morgan fingerprint density at radius 3 is 2.47 bits per heavy atom. The van der Waals surface area contributed by atoms with Crippen molar-refractivity contribution in [2.24, 2.45) is 0 Å². The van der Waals surface area contributed by atoms with E-state index in [1.165, 1.54) is 33.5 Å². The minimum atomic E-state index is -0.972. The normalized spacial score (nSPS) is 10.6. The summed E-state index contributed by atoms with van der Waals surface area (Å²) in [5, 5.41) is 0. The maximum Gasteiger partial charge on any atom is 0.217 e. The van der Waals surface area contributed by atoms with E-state index in [0.29, 0.717) is 0 Å². The lowest BCUT2D eigenvalue weighted by molar-refractivity contribution is -0.155. The summed E-state index contributed by atoms with van der Waals surface area (Å²) in [5.41, 5.74) is 0.258. The summed E-state index contributed by atoms with van der Waals surface area (Å²) < 4.78 is 28.2. The summed E-state index contributed by atoms with van der Waals surface area (Å²) in [4.78, 5) is 11.7. The molecule has 0 aliphatic rings. The monoisotopic (exact) mass is 242 g/mol. The molecule has 1 aromatic rings. The van der Waals surface area contributed by atoms with Gasteiger partial charge in [0.15, 0.2) is 17.3 Å². The van der Waals surface area contributed by atoms with Crippen LogP contribution >= 0.6 is 0 Å². The highest BCUT2D eigenvalue weighted by Gasteiger charge is 2.19. The van der Waals surface area contributed by atoms with Crippen LogP contribution in [-0.2, 0) is 20.7 Å². The smallest absolute Gasteiger partial charge is 0.217 e. The van der Waals surface area contributed by atoms with Crippen molar-refractivity contribution in [1.29, 1.82) is 0 Å². The summed E-state index contributed by atoms with van der Waals surface area (Å²) in [7, 11) is 4.08. The average molecular weight is 242 g/mol. The van der Waals surface area contributed by atoms with Gasteiger partial charge < -0.3 is 14.2 Å². The molecular weight excluding hydrogens is 227 g/mol. The van der Waals surface area contributed by atoms with E-state index in [-0.39, 0.29) is 23.5 Å². The fraction of sp³-hybridized carbons (Fsp3) is 0.417. The van der Waals surface area contributed by atoms with Crippen molar-refractivity contribution in [3.63, 3.8) is 0 Å². The number of carbonyl (C=O) groups is 1. The summed E-state index contributed by atoms with van der Waals surface area (Å²) in [5.74, 6) is -0.766. The second-order valence-electron chi connectivity index (χ2n) is 3.38. The van der Waals surface area contributed by atoms with E-state index in [2.05, 4.69) is 0 Å². The number of halogens is 1. The number of benzene rings is 1. The Bertz CT molecular complexity index is 388. The van der Waals surface area contributed by atoms with Gasteiger partial charge in [0.25, 0.3) is 0 Å². The lowest BCUT2D eigenvalue weighted by Crippen LogP contribution is -2.26. The molecule has 0 fully saturated rings. The van der Waals surface area contributed by atoms with Crippen molar-refractivity contribution in [3.05, 3.63) is 29.6 Å². The van der Waals surface area contributed by atoms with E-state index in [1.807, 2.05) is 0 Å². The summed E-state index contributed by atoms with van der Waals surface area (Å²) in [6.45, 7) is 0. The molecule has 0 saturated heterocycles. The van der Waals surface area contributed by atoms with Gasteiger partial charge in [0.1, 0.15) is 0 Å². The van der Waals surface area contributed by atoms with Crippen LogP contribution in [-0.4, -0.2) is 33.4 Å². The number of hydrogen-bond acceptors (Lipinski definition) is 4. The van der Waals surface area contributed by atoms with Gasteiger partial charge in [-0.25, -0.2) is 4.39 Å². The van der Waals surface area contributed by atoms with Crippen molar-refractivity contribution < 1.29 is 23.4 Å². The van der Waals surface area contributed by atoms with Crippen LogP contribution in [0, 0.1) is 5.82 Å². The number of ether oxygens (including phenoxy) is 3. The fourth-order valence-corrected chi connectivity index (χ4v) is 1.48. The van der Waals surface area contributed by atoms with Crippen LogP contribution in [0.5, 0.6) is 5.75 Å². The summed E-state index contributed by atoms with van der Waals surface area (Å²) in [6, 6.07) is 4.64. The Morgan fingerprint density at radius 1 is 1.29 bits per heavy atom. The first-order valence-electron chi connectivity index (χ1n) is 5.03. The third-order valence-corrected chi connectivity index (χ3v) is 2.32. The predicted molar refractivity (Wildman–Crippen MR) is 59.5 cm³/mol. The van der Waals surface area contributed by atoms with Crippen LogP contribution in [0.2, 0.25) is 0 Å². The van der Waals surface area contributed by atoms with Gasteiger partial charge in [-0.05, 0) is 11.6 Å². The molecule has 0 aromatic heterocycles. The highest BCUT2D eigenvalue weighted by atomic mass is 19.1. The number of rotatable bonds is 6. The average Bonchev–Trinajstić information content (AvgIpc) is 2.33. The molecule has 0 aliphatic heterocycles. The van der Waals surface area contributed by atoms with Crippen molar-refractivity contribution in [3.8, 4) is 5.75 Å². The maximum absolute atomic E-state index is 13.7. The Hall–Kier alpha value is -1.46. The third-order valence-electron chi connectivity index (χ3n) is 2.32. The molecule has 0 unspecified atom stereocenters. The second kappa shape index (κ2) is 6.32. The Morgan fingerprint density at radius 2 is 1.94 bits per heavy atom. The van der Waals surface area contributed by atoms with Gasteiger partial charge in [-0.1, -0.05) is 12.1 Å². The molecule has 0 heterocycles. The van der Waals surface area contributed by atoms with Crippen LogP contribution in [0.15, 0.2) is 18.2 Å². The minimum Gasteiger partial charge on any atom is -0.494 e. The second-order valence-corrected chi connectivity index (χ2v) is 3.38. The topological polar surface area (TPSA) is 44.8 Å². The van der Waals surface area contributed by atoms with Gasteiger partial charge in [0, 0.05) is 20.6 Å². The van der Waals surface area contributed by atoms with Gasteiger partial charge in [0.05, 0.1) is 7.11 Å². The number of methoxy groups -OCH3 is 3. The number of Topliss-reactive ketones (excluding diaryl/α,β-unsaturated/α-hetero) is 1. The van der Waals surface area contributed by atoms with Crippen LogP contribution in [0.1, 0.15) is 5.56 Å². The van der Waals surface area contributed by atoms with E-state index < -0.39 is 12.1 Å². The molecule has 94 valence electrons. The molecule has 1 rings (SSSR count). The maximum atomic E-state index is 13.7. The molecule has 0 radical (unpaired) electrons. The zero-order valence-electron chi connectivity index (χ0n) is 10.0. The van der Waals surface area contributed by atoms with Gasteiger partial charge in [0.2, 0.25) is 6.29 Å². The standard InChI is InChI=1S/C12H15FO4/c1-15-10-6-4-5-8(11(10)13)7-9(14)12(16-2)17-3/h4-6,12H,7H2,1-3H3. The molecule has 0 spiro atoms. The number of ketones is 1. The van der Waals surface area contributed by atoms with Crippen molar-refractivity contribution in [2.75, 3.05) is 21.3 Å². The SMILES string of the molecule is COc1cccc(CC(=O)C(OC)OC)c1F. The van der Waals surface area contributed by atoms with Gasteiger partial charge in [-0.3, -0.25) is 4.79 Å². The van der Waals surface area contributed by atoms with E-state index >= 15 is 0 Å². The van der Waals surface area contributed by atoms with E-state index in [4.69, 9.17) is 14.2 Å². The Balaban J connectivity index is 2.85.